The molecule has 1 aromatic rings. The van der Waals surface area contributed by atoms with E-state index < -0.39 is 11.8 Å². The molecule has 0 spiro atoms. The Bertz CT molecular complexity index is 461. The van der Waals surface area contributed by atoms with Gasteiger partial charge in [0.15, 0.2) is 0 Å². The van der Waals surface area contributed by atoms with Gasteiger partial charge >= 0.3 is 11.8 Å². The molecule has 2 N–H and O–H groups in total. The number of aryl methyl sites for hydroxylation is 1. The molecule has 0 aliphatic carbocycles. The Labute approximate surface area is 122 Å². The SMILES string of the molecule is CCCCCNC(=O)C(=O)Nc1ccc(C)cc1Br. The molecule has 19 heavy (non-hydrogen) atoms. The average molecular weight is 327 g/mol. The Hall–Kier alpha value is -1.36. The molecule has 0 radical (unpaired) electrons. The molecule has 5 heteroatoms. The maximum Gasteiger partial charge on any atom is 0.313 e. The van der Waals surface area contributed by atoms with E-state index in [-0.39, 0.29) is 0 Å². The molecular formula is C14H19BrN2O2. The minimum absolute atomic E-state index is 0.537. The molecule has 2 amide bonds. The molecule has 0 aromatic heterocycles. The van der Waals surface area contributed by atoms with Crippen LogP contribution in [0.15, 0.2) is 22.7 Å². The zero-order chi connectivity index (χ0) is 14.3. The summed E-state index contributed by atoms with van der Waals surface area (Å²) in [7, 11) is 0. The minimum Gasteiger partial charge on any atom is -0.348 e. The van der Waals surface area contributed by atoms with Crippen LogP contribution in [0.25, 0.3) is 0 Å². The van der Waals surface area contributed by atoms with Gasteiger partial charge in [0.1, 0.15) is 0 Å². The Balaban J connectivity index is 2.47. The van der Waals surface area contributed by atoms with Crippen LogP contribution in [-0.2, 0) is 9.59 Å². The second-order valence-electron chi connectivity index (χ2n) is 4.40. The zero-order valence-corrected chi connectivity index (χ0v) is 12.8. The summed E-state index contributed by atoms with van der Waals surface area (Å²) in [4.78, 5) is 23.2. The van der Waals surface area contributed by atoms with Crippen molar-refractivity contribution >= 4 is 33.4 Å². The van der Waals surface area contributed by atoms with Gasteiger partial charge in [-0.05, 0) is 47.0 Å². The second-order valence-corrected chi connectivity index (χ2v) is 5.25. The van der Waals surface area contributed by atoms with E-state index in [1.807, 2.05) is 19.1 Å². The monoisotopic (exact) mass is 326 g/mol. The largest absolute Gasteiger partial charge is 0.348 e. The lowest BCUT2D eigenvalue weighted by Crippen LogP contribution is -2.35. The number of unbranched alkanes of at least 4 members (excludes halogenated alkanes) is 2. The Morgan fingerprint density at radius 1 is 1.21 bits per heavy atom. The highest BCUT2D eigenvalue weighted by molar-refractivity contribution is 9.10. The first-order valence-electron chi connectivity index (χ1n) is 6.40. The number of benzene rings is 1. The minimum atomic E-state index is -0.638. The van der Waals surface area contributed by atoms with Crippen molar-refractivity contribution in [3.63, 3.8) is 0 Å². The van der Waals surface area contributed by atoms with E-state index in [0.29, 0.717) is 12.2 Å². The first-order valence-corrected chi connectivity index (χ1v) is 7.19. The van der Waals surface area contributed by atoms with Gasteiger partial charge in [0.25, 0.3) is 0 Å². The Morgan fingerprint density at radius 2 is 1.95 bits per heavy atom. The molecule has 104 valence electrons. The maximum absolute atomic E-state index is 11.7. The second kappa shape index (κ2) is 7.94. The third-order valence-electron chi connectivity index (χ3n) is 2.64. The first-order chi connectivity index (χ1) is 9.04. The van der Waals surface area contributed by atoms with Gasteiger partial charge in [-0.15, -0.1) is 0 Å². The molecule has 0 unspecified atom stereocenters. The molecule has 0 heterocycles. The summed E-state index contributed by atoms with van der Waals surface area (Å²) in [6.07, 6.45) is 3.02. The molecule has 1 rings (SSSR count). The lowest BCUT2D eigenvalue weighted by molar-refractivity contribution is -0.136. The van der Waals surface area contributed by atoms with Crippen LogP contribution in [0.5, 0.6) is 0 Å². The molecule has 0 aliphatic rings. The third kappa shape index (κ3) is 5.42. The molecular weight excluding hydrogens is 308 g/mol. The van der Waals surface area contributed by atoms with E-state index in [1.54, 1.807) is 6.07 Å². The van der Waals surface area contributed by atoms with E-state index in [4.69, 9.17) is 0 Å². The summed E-state index contributed by atoms with van der Waals surface area (Å²) in [6.45, 7) is 4.58. The van der Waals surface area contributed by atoms with E-state index in [1.165, 1.54) is 0 Å². The van der Waals surface area contributed by atoms with Crippen LogP contribution in [0.2, 0.25) is 0 Å². The van der Waals surface area contributed by atoms with Crippen molar-refractivity contribution in [3.05, 3.63) is 28.2 Å². The number of nitrogens with one attached hydrogen (secondary N) is 2. The van der Waals surface area contributed by atoms with Crippen molar-refractivity contribution in [2.24, 2.45) is 0 Å². The molecule has 0 fully saturated rings. The van der Waals surface area contributed by atoms with Crippen LogP contribution in [0, 0.1) is 6.92 Å². The number of carbonyl (C=O) groups excluding carboxylic acids is 2. The van der Waals surface area contributed by atoms with Crippen molar-refractivity contribution in [2.45, 2.75) is 33.1 Å². The van der Waals surface area contributed by atoms with E-state index in [9.17, 15) is 9.59 Å². The van der Waals surface area contributed by atoms with E-state index >= 15 is 0 Å². The molecule has 1 aromatic carbocycles. The lowest BCUT2D eigenvalue weighted by Gasteiger charge is -2.08. The molecule has 0 bridgehead atoms. The van der Waals surface area contributed by atoms with Gasteiger partial charge in [-0.25, -0.2) is 0 Å². The Kier molecular flexibility index (Phi) is 6.56. The van der Waals surface area contributed by atoms with Gasteiger partial charge in [0, 0.05) is 11.0 Å². The van der Waals surface area contributed by atoms with Crippen molar-refractivity contribution in [2.75, 3.05) is 11.9 Å². The number of halogens is 1. The van der Waals surface area contributed by atoms with Crippen molar-refractivity contribution in [1.29, 1.82) is 0 Å². The van der Waals surface area contributed by atoms with E-state index in [2.05, 4.69) is 33.5 Å². The molecule has 0 saturated carbocycles. The topological polar surface area (TPSA) is 58.2 Å². The number of anilines is 1. The normalized spacial score (nSPS) is 10.1. The van der Waals surface area contributed by atoms with Gasteiger partial charge in [-0.1, -0.05) is 25.8 Å². The highest BCUT2D eigenvalue weighted by atomic mass is 79.9. The fourth-order valence-corrected chi connectivity index (χ4v) is 2.15. The summed E-state index contributed by atoms with van der Waals surface area (Å²) < 4.78 is 0.764. The van der Waals surface area contributed by atoms with Gasteiger partial charge < -0.3 is 10.6 Å². The smallest absolute Gasteiger partial charge is 0.313 e. The summed E-state index contributed by atoms with van der Waals surface area (Å²) >= 11 is 3.35. The highest BCUT2D eigenvalue weighted by Gasteiger charge is 2.14. The van der Waals surface area contributed by atoms with Gasteiger partial charge in [-0.2, -0.15) is 0 Å². The van der Waals surface area contributed by atoms with Crippen LogP contribution in [0.1, 0.15) is 31.7 Å². The summed E-state index contributed by atoms with van der Waals surface area (Å²) in [5.41, 5.74) is 1.67. The standard InChI is InChI=1S/C14H19BrN2O2/c1-3-4-5-8-16-13(18)14(19)17-12-7-6-10(2)9-11(12)15/h6-7,9H,3-5,8H2,1-2H3,(H,16,18)(H,17,19). The van der Waals surface area contributed by atoms with Crippen LogP contribution in [0.4, 0.5) is 5.69 Å². The quantitative estimate of drug-likeness (QED) is 0.645. The lowest BCUT2D eigenvalue weighted by atomic mass is 10.2. The summed E-state index contributed by atoms with van der Waals surface area (Å²) in [6, 6.07) is 5.52. The average Bonchev–Trinajstić information content (AvgIpc) is 2.37. The molecule has 0 saturated heterocycles. The van der Waals surface area contributed by atoms with Crippen LogP contribution in [-0.4, -0.2) is 18.4 Å². The van der Waals surface area contributed by atoms with Crippen molar-refractivity contribution in [1.82, 2.24) is 5.32 Å². The number of amides is 2. The predicted molar refractivity (Wildman–Crippen MR) is 80.0 cm³/mol. The first kappa shape index (κ1) is 15.7. The predicted octanol–water partition coefficient (Wildman–Crippen LogP) is 3.00. The number of carbonyl (C=O) groups is 2. The van der Waals surface area contributed by atoms with Gasteiger partial charge in [-0.3, -0.25) is 9.59 Å². The van der Waals surface area contributed by atoms with Crippen LogP contribution in [0.3, 0.4) is 0 Å². The number of rotatable bonds is 5. The van der Waals surface area contributed by atoms with Crippen molar-refractivity contribution in [3.8, 4) is 0 Å². The Morgan fingerprint density at radius 3 is 2.58 bits per heavy atom. The van der Waals surface area contributed by atoms with Crippen LogP contribution >= 0.6 is 15.9 Å². The third-order valence-corrected chi connectivity index (χ3v) is 3.30. The molecule has 0 aliphatic heterocycles. The highest BCUT2D eigenvalue weighted by Crippen LogP contribution is 2.23. The molecule has 4 nitrogen and oxygen atoms in total. The van der Waals surface area contributed by atoms with Crippen LogP contribution < -0.4 is 10.6 Å². The summed E-state index contributed by atoms with van der Waals surface area (Å²) in [5, 5.41) is 5.18. The van der Waals surface area contributed by atoms with E-state index in [0.717, 1.165) is 29.3 Å². The molecule has 0 atom stereocenters. The van der Waals surface area contributed by atoms with Gasteiger partial charge in [0.2, 0.25) is 0 Å². The number of hydrogen-bond donors (Lipinski definition) is 2. The summed E-state index contributed by atoms with van der Waals surface area (Å²) in [5.74, 6) is -1.23. The van der Waals surface area contributed by atoms with Gasteiger partial charge in [0.05, 0.1) is 5.69 Å². The number of hydrogen-bond acceptors (Lipinski definition) is 2. The van der Waals surface area contributed by atoms with Crippen molar-refractivity contribution < 1.29 is 9.59 Å². The zero-order valence-electron chi connectivity index (χ0n) is 11.3. The maximum atomic E-state index is 11.7. The fraction of sp³-hybridized carbons (Fsp3) is 0.429. The fourth-order valence-electron chi connectivity index (χ4n) is 1.56.